The topological polar surface area (TPSA) is 27.1 Å². The van der Waals surface area contributed by atoms with Crippen molar-refractivity contribution in [1.29, 1.82) is 0 Å². The summed E-state index contributed by atoms with van der Waals surface area (Å²) in [4.78, 5) is 4.41. The highest BCUT2D eigenvalue weighted by atomic mass is 79.9. The Hall–Kier alpha value is -1.81. The van der Waals surface area contributed by atoms with Crippen LogP contribution in [0.25, 0.3) is 16.7 Å². The summed E-state index contributed by atoms with van der Waals surface area (Å²) in [5, 5.41) is 0. The van der Waals surface area contributed by atoms with Crippen molar-refractivity contribution >= 4 is 27.0 Å². The van der Waals surface area contributed by atoms with E-state index in [-0.39, 0.29) is 0 Å². The highest BCUT2D eigenvalue weighted by Crippen LogP contribution is 2.30. The van der Waals surface area contributed by atoms with Gasteiger partial charge in [-0.3, -0.25) is 4.57 Å². The van der Waals surface area contributed by atoms with E-state index in [0.717, 1.165) is 26.9 Å². The van der Waals surface area contributed by atoms with Gasteiger partial charge in [0.05, 0.1) is 22.6 Å². The monoisotopic (exact) mass is 302 g/mol. The number of ether oxygens (including phenoxy) is 1. The lowest BCUT2D eigenvalue weighted by molar-refractivity contribution is 0.412. The van der Waals surface area contributed by atoms with Gasteiger partial charge in [0.1, 0.15) is 12.1 Å². The normalized spacial score (nSPS) is 10.8. The molecule has 0 radical (unpaired) electrons. The molecule has 1 aromatic heterocycles. The summed E-state index contributed by atoms with van der Waals surface area (Å²) in [6, 6.07) is 14.1. The maximum Gasteiger partial charge on any atom is 0.135 e. The number of hydrogen-bond donors (Lipinski definition) is 0. The van der Waals surface area contributed by atoms with E-state index in [9.17, 15) is 0 Å². The minimum absolute atomic E-state index is 0.792. The second kappa shape index (κ2) is 4.46. The average molecular weight is 303 g/mol. The van der Waals surface area contributed by atoms with Gasteiger partial charge in [0.15, 0.2) is 0 Å². The Morgan fingerprint density at radius 2 is 1.94 bits per heavy atom. The highest BCUT2D eigenvalue weighted by molar-refractivity contribution is 9.10. The molecule has 4 heteroatoms. The van der Waals surface area contributed by atoms with Crippen LogP contribution >= 0.6 is 15.9 Å². The number of para-hydroxylation sites is 1. The molecular formula is C14H11BrN2O. The zero-order chi connectivity index (χ0) is 12.5. The first-order valence-electron chi connectivity index (χ1n) is 5.55. The smallest absolute Gasteiger partial charge is 0.135 e. The molecule has 3 nitrogen and oxygen atoms in total. The molecule has 90 valence electrons. The molecule has 0 N–H and O–H groups in total. The summed E-state index contributed by atoms with van der Waals surface area (Å²) in [7, 11) is 1.65. The molecule has 0 bridgehead atoms. The maximum absolute atomic E-state index is 5.27. The zero-order valence-electron chi connectivity index (χ0n) is 9.80. The summed E-state index contributed by atoms with van der Waals surface area (Å²) < 4.78 is 8.25. The molecule has 0 aliphatic rings. The number of hydrogen-bond acceptors (Lipinski definition) is 2. The lowest BCUT2D eigenvalue weighted by Crippen LogP contribution is -1.91. The van der Waals surface area contributed by atoms with Crippen LogP contribution in [0, 0.1) is 0 Å². The average Bonchev–Trinajstić information content (AvgIpc) is 2.81. The molecule has 0 aliphatic carbocycles. The first-order valence-corrected chi connectivity index (χ1v) is 6.35. The Bertz CT molecular complexity index is 692. The van der Waals surface area contributed by atoms with Crippen molar-refractivity contribution in [2.45, 2.75) is 0 Å². The van der Waals surface area contributed by atoms with E-state index in [0.29, 0.717) is 0 Å². The Balaban J connectivity index is 2.24. The summed E-state index contributed by atoms with van der Waals surface area (Å²) in [5.41, 5.74) is 3.06. The van der Waals surface area contributed by atoms with Gasteiger partial charge in [-0.15, -0.1) is 0 Å². The van der Waals surface area contributed by atoms with E-state index < -0.39 is 0 Å². The molecule has 0 amide bonds. The van der Waals surface area contributed by atoms with Crippen molar-refractivity contribution in [3.63, 3.8) is 0 Å². The Morgan fingerprint density at radius 3 is 2.67 bits per heavy atom. The Kier molecular flexibility index (Phi) is 2.80. The minimum atomic E-state index is 0.792. The second-order valence-corrected chi connectivity index (χ2v) is 4.78. The molecule has 0 unspecified atom stereocenters. The van der Waals surface area contributed by atoms with Crippen molar-refractivity contribution in [1.82, 2.24) is 9.55 Å². The number of methoxy groups -OCH3 is 1. The third kappa shape index (κ3) is 1.78. The van der Waals surface area contributed by atoms with Crippen LogP contribution in [0.2, 0.25) is 0 Å². The van der Waals surface area contributed by atoms with Gasteiger partial charge in [0.2, 0.25) is 0 Å². The van der Waals surface area contributed by atoms with Crippen LogP contribution in [-0.4, -0.2) is 16.7 Å². The number of fused-ring (bicyclic) bond motifs is 1. The van der Waals surface area contributed by atoms with Crippen LogP contribution in [0.4, 0.5) is 0 Å². The molecule has 2 aromatic carbocycles. The fourth-order valence-corrected chi connectivity index (χ4v) is 2.45. The minimum Gasteiger partial charge on any atom is -0.495 e. The van der Waals surface area contributed by atoms with E-state index >= 15 is 0 Å². The number of rotatable bonds is 2. The molecule has 0 saturated heterocycles. The van der Waals surface area contributed by atoms with Crippen LogP contribution in [0.3, 0.4) is 0 Å². The van der Waals surface area contributed by atoms with Crippen LogP contribution < -0.4 is 4.74 Å². The number of aromatic nitrogens is 2. The number of nitrogens with zero attached hydrogens (tertiary/aromatic N) is 2. The summed E-state index contributed by atoms with van der Waals surface area (Å²) >= 11 is 3.50. The largest absolute Gasteiger partial charge is 0.495 e. The third-order valence-electron chi connectivity index (χ3n) is 2.86. The van der Waals surface area contributed by atoms with Crippen molar-refractivity contribution in [3.05, 3.63) is 53.3 Å². The van der Waals surface area contributed by atoms with Gasteiger partial charge in [-0.2, -0.15) is 0 Å². The quantitative estimate of drug-likeness (QED) is 0.720. The fourth-order valence-electron chi connectivity index (χ4n) is 1.96. The molecule has 0 spiro atoms. The lowest BCUT2D eigenvalue weighted by Gasteiger charge is -2.06. The SMILES string of the molecule is COc1cc2ncn(-c3ccccc3)c2cc1Br. The predicted molar refractivity (Wildman–Crippen MR) is 75.3 cm³/mol. The molecule has 18 heavy (non-hydrogen) atoms. The first-order chi connectivity index (χ1) is 8.79. The molecule has 3 rings (SSSR count). The number of halogens is 1. The van der Waals surface area contributed by atoms with Gasteiger partial charge < -0.3 is 4.74 Å². The van der Waals surface area contributed by atoms with E-state index in [4.69, 9.17) is 4.74 Å². The van der Waals surface area contributed by atoms with Gasteiger partial charge in [-0.25, -0.2) is 4.98 Å². The first kappa shape index (κ1) is 11.3. The summed E-state index contributed by atoms with van der Waals surface area (Å²) in [6.07, 6.45) is 1.83. The number of imidazole rings is 1. The third-order valence-corrected chi connectivity index (χ3v) is 3.47. The van der Waals surface area contributed by atoms with E-state index in [1.807, 2.05) is 36.7 Å². The van der Waals surface area contributed by atoms with E-state index in [1.54, 1.807) is 7.11 Å². The van der Waals surface area contributed by atoms with Gasteiger partial charge in [-0.1, -0.05) is 18.2 Å². The van der Waals surface area contributed by atoms with Crippen molar-refractivity contribution in [2.75, 3.05) is 7.11 Å². The molecule has 0 aliphatic heterocycles. The summed E-state index contributed by atoms with van der Waals surface area (Å²) in [6.45, 7) is 0. The van der Waals surface area contributed by atoms with Crippen molar-refractivity contribution in [3.8, 4) is 11.4 Å². The molecule has 3 aromatic rings. The van der Waals surface area contributed by atoms with Gasteiger partial charge >= 0.3 is 0 Å². The van der Waals surface area contributed by atoms with Crippen molar-refractivity contribution < 1.29 is 4.74 Å². The van der Waals surface area contributed by atoms with Crippen LogP contribution in [0.1, 0.15) is 0 Å². The molecule has 1 heterocycles. The van der Waals surface area contributed by atoms with Gasteiger partial charge in [0.25, 0.3) is 0 Å². The second-order valence-electron chi connectivity index (χ2n) is 3.93. The molecule has 0 atom stereocenters. The summed E-state index contributed by atoms with van der Waals surface area (Å²) in [5.74, 6) is 0.792. The van der Waals surface area contributed by atoms with Crippen LogP contribution in [-0.2, 0) is 0 Å². The van der Waals surface area contributed by atoms with Gasteiger partial charge in [0, 0.05) is 11.8 Å². The van der Waals surface area contributed by atoms with Crippen LogP contribution in [0.15, 0.2) is 53.3 Å². The Morgan fingerprint density at radius 1 is 1.17 bits per heavy atom. The molecular weight excluding hydrogens is 292 g/mol. The van der Waals surface area contributed by atoms with Crippen molar-refractivity contribution in [2.24, 2.45) is 0 Å². The Labute approximate surface area is 113 Å². The van der Waals surface area contributed by atoms with Gasteiger partial charge in [-0.05, 0) is 34.1 Å². The zero-order valence-corrected chi connectivity index (χ0v) is 11.4. The molecule has 0 saturated carbocycles. The fraction of sp³-hybridized carbons (Fsp3) is 0.0714. The lowest BCUT2D eigenvalue weighted by atomic mass is 10.2. The molecule has 0 fully saturated rings. The predicted octanol–water partition coefficient (Wildman–Crippen LogP) is 3.80. The number of benzene rings is 2. The van der Waals surface area contributed by atoms with Crippen LogP contribution in [0.5, 0.6) is 5.75 Å². The van der Waals surface area contributed by atoms with E-state index in [1.165, 1.54) is 0 Å². The standard InChI is InChI=1S/C14H11BrN2O/c1-18-14-8-12-13(7-11(14)15)17(9-16-12)10-5-3-2-4-6-10/h2-9H,1H3. The highest BCUT2D eigenvalue weighted by Gasteiger charge is 2.08. The maximum atomic E-state index is 5.27. The van der Waals surface area contributed by atoms with E-state index in [2.05, 4.69) is 37.6 Å².